The fourth-order valence-electron chi connectivity index (χ4n) is 6.82. The van der Waals surface area contributed by atoms with Crippen molar-refractivity contribution >= 4 is 0 Å². The lowest BCUT2D eigenvalue weighted by atomic mass is 9.55. The molecule has 4 unspecified atom stereocenters. The molecular formula is C27H30N2O2. The summed E-state index contributed by atoms with van der Waals surface area (Å²) in [7, 11) is 0. The van der Waals surface area contributed by atoms with E-state index < -0.39 is 0 Å². The molecule has 0 bridgehead atoms. The van der Waals surface area contributed by atoms with Crippen molar-refractivity contribution < 1.29 is 9.84 Å². The number of rotatable bonds is 4. The smallest absolute Gasteiger partial charge is 0.120 e. The number of hydrogen-bond acceptors (Lipinski definition) is 3. The molecule has 3 aromatic rings. The minimum atomic E-state index is 0.0633. The third kappa shape index (κ3) is 2.95. The molecule has 1 aromatic heterocycles. The highest BCUT2D eigenvalue weighted by Crippen LogP contribution is 2.60. The molecule has 4 nitrogen and oxygen atoms in total. The normalized spacial score (nSPS) is 28.4. The van der Waals surface area contributed by atoms with Gasteiger partial charge in [0.25, 0.3) is 0 Å². The van der Waals surface area contributed by atoms with Crippen molar-refractivity contribution in [3.05, 3.63) is 82.2 Å². The van der Waals surface area contributed by atoms with Crippen LogP contribution in [0.2, 0.25) is 0 Å². The third-order valence-electron chi connectivity index (χ3n) is 8.41. The van der Waals surface area contributed by atoms with E-state index in [1.54, 1.807) is 5.56 Å². The van der Waals surface area contributed by atoms with Gasteiger partial charge in [-0.3, -0.25) is 5.10 Å². The van der Waals surface area contributed by atoms with Crippen LogP contribution in [0.5, 0.6) is 5.75 Å². The van der Waals surface area contributed by atoms with E-state index in [1.807, 2.05) is 6.07 Å². The Morgan fingerprint density at radius 3 is 2.87 bits per heavy atom. The molecule has 1 heterocycles. The van der Waals surface area contributed by atoms with E-state index in [1.165, 1.54) is 41.6 Å². The summed E-state index contributed by atoms with van der Waals surface area (Å²) in [5, 5.41) is 17.5. The highest BCUT2D eigenvalue weighted by molar-refractivity contribution is 5.44. The van der Waals surface area contributed by atoms with Crippen LogP contribution < -0.4 is 4.74 Å². The quantitative estimate of drug-likeness (QED) is 0.628. The number of aliphatic hydroxyl groups is 1. The number of fused-ring (bicyclic) bond motifs is 7. The van der Waals surface area contributed by atoms with Crippen LogP contribution >= 0.6 is 0 Å². The van der Waals surface area contributed by atoms with Gasteiger partial charge >= 0.3 is 0 Å². The zero-order chi connectivity index (χ0) is 21.0. The van der Waals surface area contributed by atoms with Crippen molar-refractivity contribution in [2.75, 3.05) is 0 Å². The Bertz CT molecular complexity index is 1110. The number of H-pyrrole nitrogens is 1. The van der Waals surface area contributed by atoms with Gasteiger partial charge in [-0.1, -0.05) is 43.3 Å². The fraction of sp³-hybridized carbons (Fsp3) is 0.444. The van der Waals surface area contributed by atoms with E-state index in [-0.39, 0.29) is 12.0 Å². The van der Waals surface area contributed by atoms with Crippen molar-refractivity contribution in [2.45, 2.75) is 63.6 Å². The van der Waals surface area contributed by atoms with Crippen molar-refractivity contribution in [2.24, 2.45) is 11.8 Å². The molecule has 0 radical (unpaired) electrons. The molecule has 4 atom stereocenters. The summed E-state index contributed by atoms with van der Waals surface area (Å²) in [5.41, 5.74) is 7.82. The first-order valence-electron chi connectivity index (χ1n) is 11.6. The summed E-state index contributed by atoms with van der Waals surface area (Å²) in [6.07, 6.45) is 5.82. The molecule has 3 aliphatic carbocycles. The van der Waals surface area contributed by atoms with Gasteiger partial charge in [0.05, 0.1) is 18.0 Å². The average Bonchev–Trinajstić information content (AvgIpc) is 3.35. The third-order valence-corrected chi connectivity index (χ3v) is 8.41. The Labute approximate surface area is 183 Å². The predicted octanol–water partition coefficient (Wildman–Crippen LogP) is 5.05. The van der Waals surface area contributed by atoms with E-state index >= 15 is 0 Å². The summed E-state index contributed by atoms with van der Waals surface area (Å²) in [4.78, 5) is 0. The van der Waals surface area contributed by atoms with Gasteiger partial charge in [0.15, 0.2) is 0 Å². The van der Waals surface area contributed by atoms with Crippen LogP contribution in [0.1, 0.15) is 65.7 Å². The number of aryl methyl sites for hydroxylation is 1. The Kier molecular flexibility index (Phi) is 4.46. The van der Waals surface area contributed by atoms with E-state index in [0.29, 0.717) is 24.4 Å². The van der Waals surface area contributed by atoms with E-state index in [4.69, 9.17) is 4.74 Å². The Hall–Kier alpha value is -2.59. The Morgan fingerprint density at radius 2 is 2.03 bits per heavy atom. The first-order valence-corrected chi connectivity index (χ1v) is 11.6. The number of aromatic nitrogens is 2. The number of nitrogens with one attached hydrogen (secondary N) is 1. The van der Waals surface area contributed by atoms with E-state index in [9.17, 15) is 5.11 Å². The molecule has 0 aliphatic heterocycles. The van der Waals surface area contributed by atoms with Gasteiger partial charge in [0.1, 0.15) is 12.4 Å². The molecule has 3 aliphatic rings. The van der Waals surface area contributed by atoms with Gasteiger partial charge in [-0.25, -0.2) is 0 Å². The monoisotopic (exact) mass is 414 g/mol. The van der Waals surface area contributed by atoms with E-state index in [0.717, 1.165) is 24.3 Å². The second kappa shape index (κ2) is 7.23. The van der Waals surface area contributed by atoms with Crippen molar-refractivity contribution in [3.63, 3.8) is 0 Å². The van der Waals surface area contributed by atoms with Crippen LogP contribution in [0, 0.1) is 11.8 Å². The van der Waals surface area contributed by atoms with Crippen LogP contribution in [0.3, 0.4) is 0 Å². The summed E-state index contributed by atoms with van der Waals surface area (Å²) < 4.78 is 6.10. The topological polar surface area (TPSA) is 58.1 Å². The van der Waals surface area contributed by atoms with Crippen molar-refractivity contribution in [1.82, 2.24) is 10.2 Å². The number of ether oxygens (including phenoxy) is 1. The summed E-state index contributed by atoms with van der Waals surface area (Å²) in [6.45, 7) is 3.09. The lowest BCUT2D eigenvalue weighted by Crippen LogP contribution is -2.43. The number of nitrogens with zero attached hydrogens (tertiary/aromatic N) is 1. The van der Waals surface area contributed by atoms with Gasteiger partial charge in [-0.05, 0) is 84.2 Å². The molecule has 4 heteroatoms. The second-order valence-corrected chi connectivity index (χ2v) is 9.90. The maximum absolute atomic E-state index is 9.73. The average molecular weight is 415 g/mol. The van der Waals surface area contributed by atoms with Gasteiger partial charge in [-0.15, -0.1) is 0 Å². The summed E-state index contributed by atoms with van der Waals surface area (Å²) >= 11 is 0. The number of aromatic amines is 1. The lowest BCUT2D eigenvalue weighted by molar-refractivity contribution is 0.102. The van der Waals surface area contributed by atoms with Crippen LogP contribution in [0.4, 0.5) is 0 Å². The molecule has 0 amide bonds. The number of hydrogen-bond donors (Lipinski definition) is 2. The zero-order valence-corrected chi connectivity index (χ0v) is 18.1. The standard InChI is InChI=1S/C27H30N2O2/c1-27-12-11-21-20-10-8-19(31-16-17-5-3-2-4-6-17)13-18(20)7-9-22(21)24(27)14-23-25(15-30)28-29-26(23)27/h2-6,8,10,13,21-22,24,30H,7,9,11-12,14-16H2,1H3,(H,28,29). The highest BCUT2D eigenvalue weighted by Gasteiger charge is 2.54. The molecule has 1 fully saturated rings. The SMILES string of the molecule is CC12CCC3c4ccc(OCc5ccccc5)cc4CCC3C1Cc1c2n[nH]c1CO. The van der Waals surface area contributed by atoms with Crippen LogP contribution in [0.15, 0.2) is 48.5 Å². The van der Waals surface area contributed by atoms with Crippen molar-refractivity contribution in [1.29, 1.82) is 0 Å². The number of benzene rings is 2. The van der Waals surface area contributed by atoms with Gasteiger partial charge in [0, 0.05) is 5.41 Å². The maximum atomic E-state index is 9.73. The zero-order valence-electron chi connectivity index (χ0n) is 18.1. The molecule has 6 rings (SSSR count). The number of aliphatic hydroxyl groups excluding tert-OH is 1. The molecule has 0 spiro atoms. The fourth-order valence-corrected chi connectivity index (χ4v) is 6.82. The maximum Gasteiger partial charge on any atom is 0.120 e. The summed E-state index contributed by atoms with van der Waals surface area (Å²) in [5.74, 6) is 2.94. The molecule has 160 valence electrons. The van der Waals surface area contributed by atoms with Gasteiger partial charge < -0.3 is 9.84 Å². The molecule has 31 heavy (non-hydrogen) atoms. The predicted molar refractivity (Wildman–Crippen MR) is 120 cm³/mol. The first-order chi connectivity index (χ1) is 15.2. The van der Waals surface area contributed by atoms with Crippen molar-refractivity contribution in [3.8, 4) is 5.75 Å². The molecular weight excluding hydrogens is 384 g/mol. The molecule has 2 aromatic carbocycles. The minimum Gasteiger partial charge on any atom is -0.489 e. The van der Waals surface area contributed by atoms with Crippen LogP contribution in [-0.2, 0) is 31.5 Å². The molecule has 2 N–H and O–H groups in total. The van der Waals surface area contributed by atoms with Crippen LogP contribution in [0.25, 0.3) is 0 Å². The second-order valence-electron chi connectivity index (χ2n) is 9.90. The Balaban J connectivity index is 1.24. The minimum absolute atomic E-state index is 0.0633. The van der Waals surface area contributed by atoms with Gasteiger partial charge in [0.2, 0.25) is 0 Å². The van der Waals surface area contributed by atoms with Gasteiger partial charge in [-0.2, -0.15) is 5.10 Å². The Morgan fingerprint density at radius 1 is 1.16 bits per heavy atom. The first kappa shape index (κ1) is 19.1. The lowest BCUT2D eigenvalue weighted by Gasteiger charge is -2.49. The van der Waals surface area contributed by atoms with Crippen LogP contribution in [-0.4, -0.2) is 15.3 Å². The highest BCUT2D eigenvalue weighted by atomic mass is 16.5. The van der Waals surface area contributed by atoms with E-state index in [2.05, 4.69) is 59.6 Å². The molecule has 0 saturated heterocycles. The largest absolute Gasteiger partial charge is 0.489 e. The molecule has 1 saturated carbocycles. The summed E-state index contributed by atoms with van der Waals surface area (Å²) in [6, 6.07) is 17.2.